The van der Waals surface area contributed by atoms with Crippen LogP contribution in [0.4, 0.5) is 13.2 Å². The van der Waals surface area contributed by atoms with Crippen molar-refractivity contribution in [3.05, 3.63) is 135 Å². The molecule has 0 aliphatic rings. The molecule has 0 saturated carbocycles. The molecule has 42 heavy (non-hydrogen) atoms. The molecule has 0 bridgehead atoms. The Kier molecular flexibility index (Phi) is 8.55. The second kappa shape index (κ2) is 12.1. The number of pyridine rings is 1. The number of sulfonamides is 1. The minimum atomic E-state index is -4.68. The van der Waals surface area contributed by atoms with E-state index in [0.717, 1.165) is 20.9 Å². The summed E-state index contributed by atoms with van der Waals surface area (Å²) in [7, 11) is -3.86. The number of aliphatic hydroxyl groups is 1. The lowest BCUT2D eigenvalue weighted by Gasteiger charge is -2.13. The van der Waals surface area contributed by atoms with Gasteiger partial charge in [0.05, 0.1) is 17.1 Å². The van der Waals surface area contributed by atoms with Crippen molar-refractivity contribution in [1.82, 2.24) is 9.71 Å². The van der Waals surface area contributed by atoms with Crippen LogP contribution < -0.4 is 10.3 Å². The molecule has 0 amide bonds. The average molecular weight is 611 g/mol. The minimum absolute atomic E-state index is 0.0509. The van der Waals surface area contributed by atoms with Crippen LogP contribution >= 0.6 is 11.8 Å². The van der Waals surface area contributed by atoms with E-state index in [4.69, 9.17) is 0 Å². The Morgan fingerprint density at radius 1 is 0.810 bits per heavy atom. The number of aromatic amines is 1. The van der Waals surface area contributed by atoms with Crippen molar-refractivity contribution in [2.24, 2.45) is 0 Å². The maximum Gasteiger partial charge on any atom is 0.417 e. The van der Waals surface area contributed by atoms with Crippen LogP contribution in [0.25, 0.3) is 10.9 Å². The molecule has 216 valence electrons. The van der Waals surface area contributed by atoms with E-state index in [9.17, 15) is 31.5 Å². The molecule has 0 fully saturated rings. The quantitative estimate of drug-likeness (QED) is 0.183. The number of rotatable bonds is 9. The maximum absolute atomic E-state index is 13.5. The number of hydrogen-bond acceptors (Lipinski definition) is 5. The Morgan fingerprint density at radius 2 is 1.43 bits per heavy atom. The Labute approximate surface area is 244 Å². The lowest BCUT2D eigenvalue weighted by Crippen LogP contribution is -2.23. The molecule has 0 spiro atoms. The van der Waals surface area contributed by atoms with Crippen molar-refractivity contribution >= 4 is 32.7 Å². The molecule has 5 aromatic rings. The zero-order chi connectivity index (χ0) is 29.9. The van der Waals surface area contributed by atoms with Crippen molar-refractivity contribution < 1.29 is 26.7 Å². The highest BCUT2D eigenvalue weighted by Gasteiger charge is 2.33. The SMILES string of the molecule is O=c1cc(C(F)(F)F)c2cc(Cc3ccc(S(=O)(=O)NCc4ccccc4Sc4ccccc4CO)cc3)ccc2[nH]1. The summed E-state index contributed by atoms with van der Waals surface area (Å²) in [5.74, 6) is 0. The van der Waals surface area contributed by atoms with Crippen LogP contribution in [-0.4, -0.2) is 18.5 Å². The molecule has 3 N–H and O–H groups in total. The van der Waals surface area contributed by atoms with Crippen LogP contribution in [0.15, 0.2) is 117 Å². The summed E-state index contributed by atoms with van der Waals surface area (Å²) in [4.78, 5) is 15.9. The van der Waals surface area contributed by atoms with Crippen molar-refractivity contribution in [3.8, 4) is 0 Å². The summed E-state index contributed by atoms with van der Waals surface area (Å²) in [6, 6.07) is 26.0. The molecule has 4 aromatic carbocycles. The number of nitrogens with one attached hydrogen (secondary N) is 2. The van der Waals surface area contributed by atoms with Gasteiger partial charge in [-0.1, -0.05) is 66.4 Å². The first-order chi connectivity index (χ1) is 20.0. The Balaban J connectivity index is 1.30. The summed E-state index contributed by atoms with van der Waals surface area (Å²) in [6.45, 7) is -0.0560. The van der Waals surface area contributed by atoms with Crippen molar-refractivity contribution in [2.75, 3.05) is 0 Å². The number of benzene rings is 4. The summed E-state index contributed by atoms with van der Waals surface area (Å²) in [5.41, 5.74) is 1.07. The normalized spacial score (nSPS) is 12.1. The van der Waals surface area contributed by atoms with E-state index in [1.807, 2.05) is 48.5 Å². The number of alkyl halides is 3. The molecule has 0 radical (unpaired) electrons. The first-order valence-electron chi connectivity index (χ1n) is 12.8. The van der Waals surface area contributed by atoms with Crippen molar-refractivity contribution in [3.63, 3.8) is 0 Å². The van der Waals surface area contributed by atoms with Gasteiger partial charge < -0.3 is 10.1 Å². The van der Waals surface area contributed by atoms with E-state index in [0.29, 0.717) is 17.2 Å². The smallest absolute Gasteiger partial charge is 0.392 e. The van der Waals surface area contributed by atoms with Gasteiger partial charge in [-0.2, -0.15) is 13.2 Å². The number of aromatic nitrogens is 1. The fraction of sp³-hybridized carbons (Fsp3) is 0.129. The number of fused-ring (bicyclic) bond motifs is 1. The molecular formula is C31H25F3N2O4S2. The molecule has 0 aliphatic carbocycles. The average Bonchev–Trinajstić information content (AvgIpc) is 2.96. The van der Waals surface area contributed by atoms with Gasteiger partial charge in [0.15, 0.2) is 0 Å². The van der Waals surface area contributed by atoms with Crippen LogP contribution in [0.1, 0.15) is 27.8 Å². The van der Waals surface area contributed by atoms with Gasteiger partial charge >= 0.3 is 6.18 Å². The molecule has 0 aliphatic heterocycles. The molecule has 0 saturated heterocycles. The highest BCUT2D eigenvalue weighted by molar-refractivity contribution is 7.99. The molecule has 6 nitrogen and oxygen atoms in total. The van der Waals surface area contributed by atoms with Gasteiger partial charge in [-0.25, -0.2) is 13.1 Å². The Morgan fingerprint density at radius 3 is 2.10 bits per heavy atom. The topological polar surface area (TPSA) is 99.3 Å². The van der Waals surface area contributed by atoms with Gasteiger partial charge in [-0.15, -0.1) is 0 Å². The summed E-state index contributed by atoms with van der Waals surface area (Å²) in [5, 5.41) is 9.53. The molecule has 1 heterocycles. The third-order valence-electron chi connectivity index (χ3n) is 6.64. The van der Waals surface area contributed by atoms with Crippen LogP contribution in [0, 0.1) is 0 Å². The predicted octanol–water partition coefficient (Wildman–Crippen LogP) is 6.26. The summed E-state index contributed by atoms with van der Waals surface area (Å²) in [6.07, 6.45) is -4.42. The maximum atomic E-state index is 13.5. The highest BCUT2D eigenvalue weighted by Crippen LogP contribution is 2.34. The van der Waals surface area contributed by atoms with Gasteiger partial charge in [0.2, 0.25) is 15.6 Å². The molecule has 1 aromatic heterocycles. The summed E-state index contributed by atoms with van der Waals surface area (Å²) < 4.78 is 69.3. The van der Waals surface area contributed by atoms with Crippen LogP contribution in [0.3, 0.4) is 0 Å². The number of halogens is 3. The minimum Gasteiger partial charge on any atom is -0.392 e. The van der Waals surface area contributed by atoms with Gasteiger partial charge in [0.1, 0.15) is 0 Å². The van der Waals surface area contributed by atoms with E-state index in [2.05, 4.69) is 9.71 Å². The third kappa shape index (κ3) is 6.76. The largest absolute Gasteiger partial charge is 0.417 e. The Hall–Kier alpha value is -3.90. The molecule has 0 atom stereocenters. The highest BCUT2D eigenvalue weighted by atomic mass is 32.2. The molecule has 11 heteroatoms. The van der Waals surface area contributed by atoms with Crippen LogP contribution in [0.2, 0.25) is 0 Å². The third-order valence-corrected chi connectivity index (χ3v) is 9.30. The number of H-pyrrole nitrogens is 1. The standard InChI is InChI=1S/C31H25F3N2O4S2/c32-31(33,34)26-17-30(38)36-27-14-11-21(16-25(26)27)15-20-9-12-24(13-10-20)42(39,40)35-18-22-5-1-3-7-28(22)41-29-8-4-2-6-23(29)19-37/h1-14,16-17,35,37H,15,18-19H2,(H,36,38). The van der Waals surface area contributed by atoms with Gasteiger partial charge in [-0.3, -0.25) is 4.79 Å². The monoisotopic (exact) mass is 610 g/mol. The second-order valence-corrected chi connectivity index (χ2v) is 12.4. The fourth-order valence-corrected chi connectivity index (χ4v) is 6.60. The van der Waals surface area contributed by atoms with Gasteiger partial charge in [0.25, 0.3) is 0 Å². The number of hydrogen-bond donors (Lipinski definition) is 3. The van der Waals surface area contributed by atoms with E-state index in [1.165, 1.54) is 36.0 Å². The van der Waals surface area contributed by atoms with Crippen LogP contribution in [-0.2, 0) is 35.8 Å². The van der Waals surface area contributed by atoms with E-state index >= 15 is 0 Å². The van der Waals surface area contributed by atoms with Gasteiger partial charge in [-0.05, 0) is 65.1 Å². The molecular weight excluding hydrogens is 585 g/mol. The van der Waals surface area contributed by atoms with Crippen molar-refractivity contribution in [1.29, 1.82) is 0 Å². The Bertz CT molecular complexity index is 1910. The van der Waals surface area contributed by atoms with E-state index < -0.39 is 27.3 Å². The summed E-state index contributed by atoms with van der Waals surface area (Å²) >= 11 is 1.44. The predicted molar refractivity (Wildman–Crippen MR) is 156 cm³/mol. The van der Waals surface area contributed by atoms with Crippen LogP contribution in [0.5, 0.6) is 0 Å². The number of aliphatic hydroxyl groups excluding tert-OH is 1. The molecule has 0 unspecified atom stereocenters. The van der Waals surface area contributed by atoms with Crippen molar-refractivity contribution in [2.45, 2.75) is 40.4 Å². The van der Waals surface area contributed by atoms with Gasteiger partial charge in [0, 0.05) is 33.3 Å². The first kappa shape index (κ1) is 29.6. The van der Waals surface area contributed by atoms with E-state index in [-0.39, 0.29) is 35.4 Å². The second-order valence-electron chi connectivity index (χ2n) is 9.55. The zero-order valence-electron chi connectivity index (χ0n) is 22.0. The fourth-order valence-electron chi connectivity index (χ4n) is 4.53. The zero-order valence-corrected chi connectivity index (χ0v) is 23.6. The lowest BCUT2D eigenvalue weighted by atomic mass is 10.0. The van der Waals surface area contributed by atoms with E-state index in [1.54, 1.807) is 18.2 Å². The first-order valence-corrected chi connectivity index (χ1v) is 15.1. The molecule has 5 rings (SSSR count). The lowest BCUT2D eigenvalue weighted by molar-refractivity contribution is -0.136.